The van der Waals surface area contributed by atoms with Gasteiger partial charge in [0.25, 0.3) is 0 Å². The lowest BCUT2D eigenvalue weighted by Crippen LogP contribution is -2.04. The molecule has 0 aliphatic carbocycles. The van der Waals surface area contributed by atoms with E-state index in [1.54, 1.807) is 0 Å². The van der Waals surface area contributed by atoms with Gasteiger partial charge in [0.2, 0.25) is 0 Å². The van der Waals surface area contributed by atoms with Gasteiger partial charge in [-0.15, -0.1) is 0 Å². The van der Waals surface area contributed by atoms with E-state index in [1.165, 1.54) is 51.4 Å². The van der Waals surface area contributed by atoms with Crippen LogP contribution in [0.5, 0.6) is 0 Å². The molecule has 168 valence electrons. The van der Waals surface area contributed by atoms with E-state index >= 15 is 0 Å². The van der Waals surface area contributed by atoms with Gasteiger partial charge in [0.1, 0.15) is 0 Å². The quantitative estimate of drug-likeness (QED) is 0.144. The highest BCUT2D eigenvalue weighted by Gasteiger charge is 2.23. The van der Waals surface area contributed by atoms with E-state index in [9.17, 15) is 9.36 Å². The number of unbranched alkanes of at least 4 members (excludes halogenated alkanes) is 12. The van der Waals surface area contributed by atoms with Crippen LogP contribution in [0.15, 0.2) is 0 Å². The standard InChI is InChI=1S/C22H45O5P/c1-3-5-7-9-11-15-19-26-28(25,21-17-13-14-18-22(23)24)27-20-16-12-10-8-6-4-2/h3-21H2,1-2H3,(H,23,24). The molecule has 0 aliphatic rings. The van der Waals surface area contributed by atoms with Gasteiger partial charge in [-0.3, -0.25) is 9.36 Å². The molecule has 6 heteroatoms. The normalized spacial score (nSPS) is 11.8. The van der Waals surface area contributed by atoms with Gasteiger partial charge in [-0.1, -0.05) is 84.5 Å². The fourth-order valence-electron chi connectivity index (χ4n) is 3.10. The summed E-state index contributed by atoms with van der Waals surface area (Å²) < 4.78 is 24.5. The lowest BCUT2D eigenvalue weighted by molar-refractivity contribution is -0.137. The van der Waals surface area contributed by atoms with Crippen molar-refractivity contribution < 1.29 is 23.5 Å². The highest BCUT2D eigenvalue weighted by atomic mass is 31.2. The molecule has 0 spiro atoms. The molecule has 0 saturated carbocycles. The predicted molar refractivity (Wildman–Crippen MR) is 117 cm³/mol. The Morgan fingerprint density at radius 1 is 0.679 bits per heavy atom. The molecule has 0 aromatic carbocycles. The zero-order valence-electron chi connectivity index (χ0n) is 18.5. The first-order valence-corrected chi connectivity index (χ1v) is 13.4. The van der Waals surface area contributed by atoms with Crippen LogP contribution in [-0.2, 0) is 18.4 Å². The third kappa shape index (κ3) is 19.0. The molecule has 5 nitrogen and oxygen atoms in total. The minimum Gasteiger partial charge on any atom is -0.481 e. The molecular weight excluding hydrogens is 375 g/mol. The Morgan fingerprint density at radius 3 is 1.57 bits per heavy atom. The maximum absolute atomic E-state index is 13.0. The summed E-state index contributed by atoms with van der Waals surface area (Å²) in [6.45, 7) is 5.40. The molecule has 28 heavy (non-hydrogen) atoms. The first-order chi connectivity index (χ1) is 13.5. The molecule has 0 rings (SSSR count). The van der Waals surface area contributed by atoms with Gasteiger partial charge in [0, 0.05) is 6.42 Å². The average molecular weight is 421 g/mol. The molecule has 0 saturated heterocycles. The number of carboxylic acid groups (broad SMARTS) is 1. The molecule has 1 N–H and O–H groups in total. The summed E-state index contributed by atoms with van der Waals surface area (Å²) in [6.07, 6.45) is 16.6. The second-order valence-electron chi connectivity index (χ2n) is 7.74. The summed E-state index contributed by atoms with van der Waals surface area (Å²) in [7, 11) is -3.05. The van der Waals surface area contributed by atoms with E-state index in [1.807, 2.05) is 0 Å². The number of aliphatic carboxylic acids is 1. The fourth-order valence-corrected chi connectivity index (χ4v) is 4.86. The molecule has 0 fully saturated rings. The van der Waals surface area contributed by atoms with Crippen molar-refractivity contribution in [3.63, 3.8) is 0 Å². The van der Waals surface area contributed by atoms with Crippen molar-refractivity contribution in [3.8, 4) is 0 Å². The van der Waals surface area contributed by atoms with E-state index in [-0.39, 0.29) is 6.42 Å². The van der Waals surface area contributed by atoms with Crippen molar-refractivity contribution in [1.29, 1.82) is 0 Å². The van der Waals surface area contributed by atoms with Crippen molar-refractivity contribution in [3.05, 3.63) is 0 Å². The van der Waals surface area contributed by atoms with Crippen molar-refractivity contribution in [2.75, 3.05) is 19.4 Å². The van der Waals surface area contributed by atoms with Crippen molar-refractivity contribution in [2.24, 2.45) is 0 Å². The van der Waals surface area contributed by atoms with E-state index in [2.05, 4.69) is 13.8 Å². The average Bonchev–Trinajstić information content (AvgIpc) is 2.66. The van der Waals surface area contributed by atoms with E-state index in [0.29, 0.717) is 32.2 Å². The second-order valence-corrected chi connectivity index (χ2v) is 9.93. The first kappa shape index (κ1) is 27.6. The summed E-state index contributed by atoms with van der Waals surface area (Å²) in [5, 5.41) is 8.71. The minimum atomic E-state index is -3.05. The van der Waals surface area contributed by atoms with Gasteiger partial charge in [0.05, 0.1) is 19.4 Å². The predicted octanol–water partition coefficient (Wildman–Crippen LogP) is 7.58. The van der Waals surface area contributed by atoms with Crippen LogP contribution in [0.2, 0.25) is 0 Å². The van der Waals surface area contributed by atoms with Crippen LogP contribution >= 0.6 is 7.60 Å². The molecule has 0 bridgehead atoms. The first-order valence-electron chi connectivity index (χ1n) is 11.6. The molecule has 0 atom stereocenters. The van der Waals surface area contributed by atoms with Crippen molar-refractivity contribution in [1.82, 2.24) is 0 Å². The Morgan fingerprint density at radius 2 is 1.11 bits per heavy atom. The smallest absolute Gasteiger partial charge is 0.330 e. The number of rotatable bonds is 22. The van der Waals surface area contributed by atoms with Crippen LogP contribution < -0.4 is 0 Å². The number of carbonyl (C=O) groups is 1. The number of hydrogen-bond donors (Lipinski definition) is 1. The lowest BCUT2D eigenvalue weighted by atomic mass is 10.1. The minimum absolute atomic E-state index is 0.168. The van der Waals surface area contributed by atoms with Gasteiger partial charge >= 0.3 is 13.6 Å². The third-order valence-corrected chi connectivity index (χ3v) is 6.91. The van der Waals surface area contributed by atoms with Crippen molar-refractivity contribution >= 4 is 13.6 Å². The van der Waals surface area contributed by atoms with Crippen LogP contribution in [0.25, 0.3) is 0 Å². The van der Waals surface area contributed by atoms with Crippen LogP contribution in [0.1, 0.15) is 117 Å². The zero-order chi connectivity index (χ0) is 20.9. The maximum atomic E-state index is 13.0. The summed E-state index contributed by atoms with van der Waals surface area (Å²) in [6, 6.07) is 0. The Balaban J connectivity index is 4.09. The monoisotopic (exact) mass is 420 g/mol. The molecule has 0 aliphatic heterocycles. The number of carboxylic acids is 1. The highest BCUT2D eigenvalue weighted by Crippen LogP contribution is 2.49. The molecular formula is C22H45O5P. The maximum Gasteiger partial charge on any atom is 0.330 e. The molecule has 0 unspecified atom stereocenters. The Labute approximate surface area is 173 Å². The van der Waals surface area contributed by atoms with Crippen molar-refractivity contribution in [2.45, 2.75) is 117 Å². The second kappa shape index (κ2) is 19.9. The van der Waals surface area contributed by atoms with Gasteiger partial charge in [-0.25, -0.2) is 0 Å². The summed E-state index contributed by atoms with van der Waals surface area (Å²) in [5.74, 6) is -0.776. The fraction of sp³-hybridized carbons (Fsp3) is 0.955. The van der Waals surface area contributed by atoms with Crippen LogP contribution in [-0.4, -0.2) is 30.5 Å². The summed E-state index contributed by atoms with van der Waals surface area (Å²) in [4.78, 5) is 10.6. The van der Waals surface area contributed by atoms with Gasteiger partial charge in [-0.05, 0) is 25.7 Å². The van der Waals surface area contributed by atoms with Crippen LogP contribution in [0, 0.1) is 0 Å². The molecule has 0 radical (unpaired) electrons. The zero-order valence-corrected chi connectivity index (χ0v) is 19.4. The van der Waals surface area contributed by atoms with Gasteiger partial charge in [0.15, 0.2) is 0 Å². The molecule has 0 aromatic rings. The summed E-state index contributed by atoms with van der Waals surface area (Å²) >= 11 is 0. The SMILES string of the molecule is CCCCCCCCOP(=O)(CCCCCC(=O)O)OCCCCCCCC. The van der Waals surface area contributed by atoms with E-state index in [0.717, 1.165) is 32.1 Å². The van der Waals surface area contributed by atoms with Gasteiger partial charge < -0.3 is 14.2 Å². The highest BCUT2D eigenvalue weighted by molar-refractivity contribution is 7.53. The van der Waals surface area contributed by atoms with Crippen LogP contribution in [0.3, 0.4) is 0 Å². The van der Waals surface area contributed by atoms with E-state index in [4.69, 9.17) is 14.2 Å². The van der Waals surface area contributed by atoms with Gasteiger partial charge in [-0.2, -0.15) is 0 Å². The summed E-state index contributed by atoms with van der Waals surface area (Å²) in [5.41, 5.74) is 0. The topological polar surface area (TPSA) is 72.8 Å². The number of hydrogen-bond acceptors (Lipinski definition) is 4. The van der Waals surface area contributed by atoms with Crippen LogP contribution in [0.4, 0.5) is 0 Å². The molecule has 0 amide bonds. The Bertz CT molecular complexity index is 378. The Hall–Kier alpha value is -0.380. The largest absolute Gasteiger partial charge is 0.481 e. The lowest BCUT2D eigenvalue weighted by Gasteiger charge is -2.19. The molecule has 0 aromatic heterocycles. The molecule has 0 heterocycles. The van der Waals surface area contributed by atoms with E-state index < -0.39 is 13.6 Å². The third-order valence-electron chi connectivity index (χ3n) is 4.89. The Kier molecular flexibility index (Phi) is 19.6.